The first kappa shape index (κ1) is 21.6. The molecule has 1 aromatic carbocycles. The summed E-state index contributed by atoms with van der Waals surface area (Å²) in [6, 6.07) is 9.55. The van der Waals surface area contributed by atoms with Crippen LogP contribution in [0.4, 0.5) is 4.39 Å². The zero-order valence-corrected chi connectivity index (χ0v) is 16.4. The Morgan fingerprint density at radius 3 is 2.43 bits per heavy atom. The molecule has 0 aliphatic carbocycles. The molecule has 28 heavy (non-hydrogen) atoms. The zero-order chi connectivity index (χ0) is 20.4. The molecule has 152 valence electrons. The van der Waals surface area contributed by atoms with Crippen LogP contribution in [-0.2, 0) is 27.4 Å². The summed E-state index contributed by atoms with van der Waals surface area (Å²) >= 11 is 0. The normalized spacial score (nSPS) is 10.7. The van der Waals surface area contributed by atoms with Crippen molar-refractivity contribution in [2.45, 2.75) is 32.9 Å². The standard InChI is InChI=1S/C21H27FN2O4/c1-3-5-20(25)23(11-13-27-2)16-21(26)24(15-19-6-4-12-28-19)14-17-7-9-18(22)10-8-17/h4,6-10,12H,3,5,11,13-16H2,1-2H3. The highest BCUT2D eigenvalue weighted by Crippen LogP contribution is 2.13. The highest BCUT2D eigenvalue weighted by Gasteiger charge is 2.22. The molecule has 2 aromatic rings. The number of ether oxygens (including phenoxy) is 1. The summed E-state index contributed by atoms with van der Waals surface area (Å²) < 4.78 is 23.6. The van der Waals surface area contributed by atoms with E-state index >= 15 is 0 Å². The number of hydrogen-bond acceptors (Lipinski definition) is 4. The quantitative estimate of drug-likeness (QED) is 0.591. The molecule has 0 fully saturated rings. The van der Waals surface area contributed by atoms with E-state index in [1.165, 1.54) is 17.0 Å². The Hall–Kier alpha value is -2.67. The van der Waals surface area contributed by atoms with Gasteiger partial charge in [-0.25, -0.2) is 4.39 Å². The topological polar surface area (TPSA) is 63.0 Å². The van der Waals surface area contributed by atoms with Crippen LogP contribution in [0, 0.1) is 5.82 Å². The van der Waals surface area contributed by atoms with Gasteiger partial charge in [0.15, 0.2) is 0 Å². The Labute approximate surface area is 164 Å². The molecular formula is C21H27FN2O4. The van der Waals surface area contributed by atoms with E-state index in [1.807, 2.05) is 6.92 Å². The van der Waals surface area contributed by atoms with Crippen molar-refractivity contribution in [1.29, 1.82) is 0 Å². The molecule has 0 unspecified atom stereocenters. The third-order valence-corrected chi connectivity index (χ3v) is 4.27. The average molecular weight is 390 g/mol. The Bertz CT molecular complexity index is 731. The van der Waals surface area contributed by atoms with Gasteiger partial charge in [-0.15, -0.1) is 0 Å². The van der Waals surface area contributed by atoms with Gasteiger partial charge >= 0.3 is 0 Å². The maximum atomic E-state index is 13.2. The first-order valence-corrected chi connectivity index (χ1v) is 9.34. The van der Waals surface area contributed by atoms with Crippen LogP contribution in [0.25, 0.3) is 0 Å². The fourth-order valence-electron chi connectivity index (χ4n) is 2.76. The van der Waals surface area contributed by atoms with Crippen molar-refractivity contribution >= 4 is 11.8 Å². The third kappa shape index (κ3) is 6.81. The molecule has 0 aliphatic rings. The van der Waals surface area contributed by atoms with Gasteiger partial charge in [0, 0.05) is 26.6 Å². The molecule has 0 aliphatic heterocycles. The monoisotopic (exact) mass is 390 g/mol. The van der Waals surface area contributed by atoms with Gasteiger partial charge in [0.05, 0.1) is 26.0 Å². The number of rotatable bonds is 11. The van der Waals surface area contributed by atoms with Crippen LogP contribution in [0.3, 0.4) is 0 Å². The number of methoxy groups -OCH3 is 1. The number of amides is 2. The molecule has 2 rings (SSSR count). The van der Waals surface area contributed by atoms with Gasteiger partial charge in [-0.3, -0.25) is 9.59 Å². The first-order valence-electron chi connectivity index (χ1n) is 9.34. The van der Waals surface area contributed by atoms with E-state index in [4.69, 9.17) is 9.15 Å². The highest BCUT2D eigenvalue weighted by molar-refractivity contribution is 5.84. The number of carbonyl (C=O) groups is 2. The number of carbonyl (C=O) groups excluding carboxylic acids is 2. The summed E-state index contributed by atoms with van der Waals surface area (Å²) in [7, 11) is 1.56. The van der Waals surface area contributed by atoms with Crippen LogP contribution in [-0.4, -0.2) is 48.4 Å². The predicted molar refractivity (Wildman–Crippen MR) is 103 cm³/mol. The van der Waals surface area contributed by atoms with Gasteiger partial charge < -0.3 is 19.0 Å². The van der Waals surface area contributed by atoms with Crippen LogP contribution >= 0.6 is 0 Å². The Morgan fingerprint density at radius 2 is 1.82 bits per heavy atom. The molecule has 1 aromatic heterocycles. The first-order chi connectivity index (χ1) is 13.5. The molecule has 0 saturated heterocycles. The minimum Gasteiger partial charge on any atom is -0.467 e. The van der Waals surface area contributed by atoms with Crippen LogP contribution in [0.15, 0.2) is 47.1 Å². The summed E-state index contributed by atoms with van der Waals surface area (Å²) in [4.78, 5) is 28.5. The fraction of sp³-hybridized carbons (Fsp3) is 0.429. The summed E-state index contributed by atoms with van der Waals surface area (Å²) in [5, 5.41) is 0. The van der Waals surface area contributed by atoms with Crippen molar-refractivity contribution in [2.75, 3.05) is 26.8 Å². The highest BCUT2D eigenvalue weighted by atomic mass is 19.1. The molecule has 0 bridgehead atoms. The van der Waals surface area contributed by atoms with Gasteiger partial charge in [0.2, 0.25) is 11.8 Å². The molecule has 0 spiro atoms. The number of halogens is 1. The molecule has 7 heteroatoms. The summed E-state index contributed by atoms with van der Waals surface area (Å²) in [5.41, 5.74) is 0.796. The second kappa shape index (κ2) is 11.2. The van der Waals surface area contributed by atoms with E-state index in [0.717, 1.165) is 5.56 Å². The van der Waals surface area contributed by atoms with Crippen molar-refractivity contribution in [1.82, 2.24) is 9.80 Å². The van der Waals surface area contributed by atoms with Gasteiger partial charge in [0.1, 0.15) is 11.6 Å². The molecular weight excluding hydrogens is 363 g/mol. The molecule has 0 atom stereocenters. The van der Waals surface area contributed by atoms with E-state index in [0.29, 0.717) is 38.3 Å². The number of hydrogen-bond donors (Lipinski definition) is 0. The minimum atomic E-state index is -0.330. The predicted octanol–water partition coefficient (Wildman–Crippen LogP) is 3.22. The Kier molecular flexibility index (Phi) is 8.68. The largest absolute Gasteiger partial charge is 0.467 e. The van der Waals surface area contributed by atoms with Gasteiger partial charge in [0.25, 0.3) is 0 Å². The summed E-state index contributed by atoms with van der Waals surface area (Å²) in [5.74, 6) is 0.0243. The van der Waals surface area contributed by atoms with Gasteiger partial charge in [-0.05, 0) is 36.2 Å². The lowest BCUT2D eigenvalue weighted by atomic mass is 10.2. The van der Waals surface area contributed by atoms with Crippen molar-refractivity contribution in [3.8, 4) is 0 Å². The summed E-state index contributed by atoms with van der Waals surface area (Å²) in [6.45, 7) is 3.16. The number of nitrogens with zero attached hydrogens (tertiary/aromatic N) is 2. The van der Waals surface area contributed by atoms with E-state index in [9.17, 15) is 14.0 Å². The Morgan fingerprint density at radius 1 is 1.07 bits per heavy atom. The average Bonchev–Trinajstić information content (AvgIpc) is 3.19. The van der Waals surface area contributed by atoms with Crippen LogP contribution in [0.2, 0.25) is 0 Å². The second-order valence-corrected chi connectivity index (χ2v) is 6.51. The molecule has 0 radical (unpaired) electrons. The molecule has 6 nitrogen and oxygen atoms in total. The zero-order valence-electron chi connectivity index (χ0n) is 16.4. The maximum Gasteiger partial charge on any atom is 0.242 e. The molecule has 0 saturated carbocycles. The minimum absolute atomic E-state index is 0.0376. The van der Waals surface area contributed by atoms with E-state index in [-0.39, 0.29) is 30.7 Å². The number of furan rings is 1. The molecule has 2 amide bonds. The molecule has 1 heterocycles. The third-order valence-electron chi connectivity index (χ3n) is 4.27. The van der Waals surface area contributed by atoms with E-state index in [2.05, 4.69) is 0 Å². The SMILES string of the molecule is CCCC(=O)N(CCOC)CC(=O)N(Cc1ccc(F)cc1)Cc1ccco1. The van der Waals surface area contributed by atoms with Crippen molar-refractivity contribution in [3.05, 3.63) is 59.8 Å². The lowest BCUT2D eigenvalue weighted by Gasteiger charge is -2.27. The van der Waals surface area contributed by atoms with E-state index in [1.54, 1.807) is 42.5 Å². The lowest BCUT2D eigenvalue weighted by molar-refractivity contribution is -0.142. The van der Waals surface area contributed by atoms with Gasteiger partial charge in [-0.1, -0.05) is 19.1 Å². The van der Waals surface area contributed by atoms with Crippen molar-refractivity contribution < 1.29 is 23.1 Å². The smallest absolute Gasteiger partial charge is 0.242 e. The lowest BCUT2D eigenvalue weighted by Crippen LogP contribution is -2.43. The van der Waals surface area contributed by atoms with Crippen LogP contribution in [0.1, 0.15) is 31.1 Å². The molecule has 0 N–H and O–H groups in total. The Balaban J connectivity index is 2.13. The summed E-state index contributed by atoms with van der Waals surface area (Å²) in [6.07, 6.45) is 2.64. The van der Waals surface area contributed by atoms with Crippen LogP contribution < -0.4 is 0 Å². The van der Waals surface area contributed by atoms with Crippen LogP contribution in [0.5, 0.6) is 0 Å². The fourth-order valence-corrected chi connectivity index (χ4v) is 2.76. The maximum absolute atomic E-state index is 13.2. The number of benzene rings is 1. The van der Waals surface area contributed by atoms with E-state index < -0.39 is 0 Å². The van der Waals surface area contributed by atoms with Crippen molar-refractivity contribution in [3.63, 3.8) is 0 Å². The van der Waals surface area contributed by atoms with Gasteiger partial charge in [-0.2, -0.15) is 0 Å². The van der Waals surface area contributed by atoms with Crippen molar-refractivity contribution in [2.24, 2.45) is 0 Å². The second-order valence-electron chi connectivity index (χ2n) is 6.51.